The molecule has 0 heterocycles. The number of hydrogen-bond acceptors (Lipinski definition) is 4. The summed E-state index contributed by atoms with van der Waals surface area (Å²) >= 11 is 8.99. The Morgan fingerprint density at radius 2 is 2.04 bits per heavy atom. The Hall–Kier alpha value is -1.27. The highest BCUT2D eigenvalue weighted by molar-refractivity contribution is 9.11. The predicted octanol–water partition coefficient (Wildman–Crippen LogP) is 5.67. The van der Waals surface area contributed by atoms with Gasteiger partial charge in [-0.3, -0.25) is 0 Å². The summed E-state index contributed by atoms with van der Waals surface area (Å²) in [6.45, 7) is 6.82. The molecule has 1 rings (SSSR count). The zero-order valence-corrected chi connectivity index (χ0v) is 16.4. The average Bonchev–Trinajstić information content (AvgIpc) is 2.51. The Labute approximate surface area is 155 Å². The maximum Gasteiger partial charge on any atom is 0.165 e. The van der Waals surface area contributed by atoms with Crippen LogP contribution >= 0.6 is 27.5 Å². The summed E-state index contributed by atoms with van der Waals surface area (Å²) in [5.74, 6) is 1.22. The van der Waals surface area contributed by atoms with E-state index in [1.54, 1.807) is 6.07 Å². The fourth-order valence-corrected chi connectivity index (χ4v) is 2.22. The minimum Gasteiger partial charge on any atom is -0.492 e. The van der Waals surface area contributed by atoms with Gasteiger partial charge < -0.3 is 14.3 Å². The number of rotatable bonds is 10. The second-order valence-electron chi connectivity index (χ2n) is 5.13. The number of ether oxygens (including phenoxy) is 2. The van der Waals surface area contributed by atoms with Crippen LogP contribution in [0.3, 0.4) is 0 Å². The van der Waals surface area contributed by atoms with E-state index in [1.165, 1.54) is 6.08 Å². The maximum absolute atomic E-state index is 12.6. The van der Waals surface area contributed by atoms with Crippen molar-refractivity contribution in [3.05, 3.63) is 33.5 Å². The van der Waals surface area contributed by atoms with Gasteiger partial charge in [-0.05, 0) is 53.9 Å². The predicted molar refractivity (Wildman–Crippen MR) is 99.3 cm³/mol. The molecule has 0 aromatic heterocycles. The minimum atomic E-state index is -0.464. The van der Waals surface area contributed by atoms with Crippen LogP contribution in [-0.2, 0) is 11.3 Å². The zero-order valence-electron chi connectivity index (χ0n) is 14.1. The van der Waals surface area contributed by atoms with Gasteiger partial charge in [0.2, 0.25) is 0 Å². The summed E-state index contributed by atoms with van der Waals surface area (Å²) in [4.78, 5) is 5.12. The molecule has 0 aliphatic heterocycles. The minimum absolute atomic E-state index is 0.117. The van der Waals surface area contributed by atoms with Gasteiger partial charge in [-0.15, -0.1) is 0 Å². The molecule has 0 saturated carbocycles. The fraction of sp³-hybridized carbons (Fsp3) is 0.471. The maximum atomic E-state index is 12.6. The molecule has 4 nitrogen and oxygen atoms in total. The van der Waals surface area contributed by atoms with E-state index in [4.69, 9.17) is 25.9 Å². The van der Waals surface area contributed by atoms with Crippen molar-refractivity contribution in [1.82, 2.24) is 0 Å². The highest BCUT2D eigenvalue weighted by Gasteiger charge is 2.11. The van der Waals surface area contributed by atoms with E-state index in [-0.39, 0.29) is 6.61 Å². The van der Waals surface area contributed by atoms with Crippen LogP contribution in [0.25, 0.3) is 0 Å². The van der Waals surface area contributed by atoms with E-state index in [0.29, 0.717) is 36.2 Å². The van der Waals surface area contributed by atoms with Gasteiger partial charge in [0.15, 0.2) is 4.74 Å². The molecule has 0 aliphatic rings. The molecule has 0 aliphatic carbocycles. The summed E-state index contributed by atoms with van der Waals surface area (Å²) in [7, 11) is 0. The Bertz CT molecular complexity index is 585. The lowest BCUT2D eigenvalue weighted by Crippen LogP contribution is -2.04. The van der Waals surface area contributed by atoms with Crippen LogP contribution in [0.2, 0.25) is 5.02 Å². The Kier molecular flexibility index (Phi) is 9.79. The van der Waals surface area contributed by atoms with Crippen molar-refractivity contribution in [2.24, 2.45) is 5.16 Å². The van der Waals surface area contributed by atoms with E-state index in [9.17, 15) is 4.39 Å². The molecule has 0 saturated heterocycles. The summed E-state index contributed by atoms with van der Waals surface area (Å²) < 4.78 is 23.4. The van der Waals surface area contributed by atoms with Gasteiger partial charge in [0, 0.05) is 12.5 Å². The molecule has 0 fully saturated rings. The first-order valence-electron chi connectivity index (χ1n) is 7.66. The van der Waals surface area contributed by atoms with Crippen molar-refractivity contribution in [3.8, 4) is 11.5 Å². The van der Waals surface area contributed by atoms with Crippen LogP contribution in [0.5, 0.6) is 11.5 Å². The topological polar surface area (TPSA) is 40.0 Å². The molecule has 0 N–H and O–H groups in total. The van der Waals surface area contributed by atoms with Crippen LogP contribution in [0.15, 0.2) is 28.1 Å². The number of halogens is 3. The summed E-state index contributed by atoms with van der Waals surface area (Å²) in [6.07, 6.45) is 2.72. The lowest BCUT2D eigenvalue weighted by atomic mass is 10.1. The molecule has 0 amide bonds. The van der Waals surface area contributed by atoms with Gasteiger partial charge in [-0.2, -0.15) is 4.39 Å². The summed E-state index contributed by atoms with van der Waals surface area (Å²) in [5.41, 5.74) is 1.81. The number of nitrogens with zero attached hydrogens (tertiary/aromatic N) is 1. The largest absolute Gasteiger partial charge is 0.492 e. The van der Waals surface area contributed by atoms with Crippen LogP contribution in [0, 0.1) is 0 Å². The number of oxime groups is 1. The SMILES string of the molecule is CCc1cc(OC/C=C(\F)Br)cc(Cl)c1OCCCON=C(C)C. The van der Waals surface area contributed by atoms with Crippen molar-refractivity contribution in [3.63, 3.8) is 0 Å². The molecule has 24 heavy (non-hydrogen) atoms. The molecule has 0 spiro atoms. The smallest absolute Gasteiger partial charge is 0.165 e. The fourth-order valence-electron chi connectivity index (χ4n) is 1.80. The first-order valence-corrected chi connectivity index (χ1v) is 8.83. The first-order chi connectivity index (χ1) is 11.4. The molecule has 1 aromatic rings. The van der Waals surface area contributed by atoms with Crippen molar-refractivity contribution in [2.75, 3.05) is 19.8 Å². The standard InChI is InChI=1S/C17H22BrClFNO3/c1-4-13-10-14(22-9-6-16(18)20)11-15(19)17(13)23-7-5-8-24-21-12(2)3/h6,10-11H,4-5,7-9H2,1-3H3/b16-6-. The third-order valence-corrected chi connectivity index (χ3v) is 3.44. The van der Waals surface area contributed by atoms with Crippen LogP contribution in [0.1, 0.15) is 32.8 Å². The van der Waals surface area contributed by atoms with Gasteiger partial charge in [0.25, 0.3) is 0 Å². The van der Waals surface area contributed by atoms with Gasteiger partial charge >= 0.3 is 0 Å². The summed E-state index contributed by atoms with van der Waals surface area (Å²) in [5, 5.41) is 4.33. The van der Waals surface area contributed by atoms with E-state index < -0.39 is 4.74 Å². The van der Waals surface area contributed by atoms with E-state index in [1.807, 2.05) is 26.8 Å². The molecular formula is C17H22BrClFNO3. The second kappa shape index (κ2) is 11.3. The molecule has 134 valence electrons. The van der Waals surface area contributed by atoms with Gasteiger partial charge in [0.05, 0.1) is 17.3 Å². The first kappa shape index (κ1) is 20.8. The third-order valence-electron chi connectivity index (χ3n) is 2.84. The number of benzene rings is 1. The summed E-state index contributed by atoms with van der Waals surface area (Å²) in [6, 6.07) is 3.51. The van der Waals surface area contributed by atoms with Crippen LogP contribution in [0.4, 0.5) is 4.39 Å². The Morgan fingerprint density at radius 3 is 2.67 bits per heavy atom. The number of hydrogen-bond donors (Lipinski definition) is 0. The molecular weight excluding hydrogens is 401 g/mol. The van der Waals surface area contributed by atoms with Gasteiger partial charge in [-0.1, -0.05) is 23.7 Å². The van der Waals surface area contributed by atoms with Gasteiger partial charge in [-0.25, -0.2) is 0 Å². The molecule has 0 radical (unpaired) electrons. The van der Waals surface area contributed by atoms with Crippen LogP contribution < -0.4 is 9.47 Å². The Balaban J connectivity index is 2.60. The van der Waals surface area contributed by atoms with Crippen molar-refractivity contribution in [2.45, 2.75) is 33.6 Å². The normalized spacial score (nSPS) is 11.2. The van der Waals surface area contributed by atoms with Gasteiger partial charge in [0.1, 0.15) is 24.7 Å². The van der Waals surface area contributed by atoms with Crippen molar-refractivity contribution in [1.29, 1.82) is 0 Å². The second-order valence-corrected chi connectivity index (χ2v) is 6.29. The lowest BCUT2D eigenvalue weighted by Gasteiger charge is -2.14. The molecule has 0 bridgehead atoms. The molecule has 0 unspecified atom stereocenters. The van der Waals surface area contributed by atoms with E-state index >= 15 is 0 Å². The average molecular weight is 423 g/mol. The molecule has 7 heteroatoms. The lowest BCUT2D eigenvalue weighted by molar-refractivity contribution is 0.127. The number of aryl methyl sites for hydroxylation is 1. The van der Waals surface area contributed by atoms with Crippen LogP contribution in [-0.4, -0.2) is 25.5 Å². The Morgan fingerprint density at radius 1 is 1.29 bits per heavy atom. The molecule has 1 aromatic carbocycles. The monoisotopic (exact) mass is 421 g/mol. The van der Waals surface area contributed by atoms with Crippen molar-refractivity contribution < 1.29 is 18.7 Å². The molecule has 0 atom stereocenters. The highest BCUT2D eigenvalue weighted by atomic mass is 79.9. The van der Waals surface area contributed by atoms with E-state index in [2.05, 4.69) is 21.1 Å². The van der Waals surface area contributed by atoms with E-state index in [0.717, 1.165) is 17.7 Å². The highest BCUT2D eigenvalue weighted by Crippen LogP contribution is 2.34. The quantitative estimate of drug-likeness (QED) is 0.277. The third kappa shape index (κ3) is 8.02. The zero-order chi connectivity index (χ0) is 17.9. The van der Waals surface area contributed by atoms with Crippen molar-refractivity contribution >= 4 is 33.2 Å².